The molecule has 0 radical (unpaired) electrons. The van der Waals surface area contributed by atoms with Crippen LogP contribution in [0.3, 0.4) is 0 Å². The minimum Gasteiger partial charge on any atom is -0.143 e. The van der Waals surface area contributed by atoms with Crippen LogP contribution in [0.15, 0.2) is 47.2 Å². The highest BCUT2D eigenvalue weighted by molar-refractivity contribution is 7.29. The second-order valence-corrected chi connectivity index (χ2v) is 25.9. The maximum absolute atomic E-state index is 4.02. The van der Waals surface area contributed by atoms with Gasteiger partial charge < -0.3 is 0 Å². The van der Waals surface area contributed by atoms with Gasteiger partial charge >= 0.3 is 0 Å². The Morgan fingerprint density at radius 2 is 0.583 bits per heavy atom. The van der Waals surface area contributed by atoms with Gasteiger partial charge in [0.1, 0.15) is 0 Å². The number of hydrogen-bond acceptors (Lipinski definition) is 4. The van der Waals surface area contributed by atoms with Crippen LogP contribution < -0.4 is 0 Å². The van der Waals surface area contributed by atoms with Gasteiger partial charge in [-0.1, -0.05) is 283 Å². The number of benzene rings is 1. The number of unbranched alkanes of at least 4 members (excludes halogenated alkanes) is 32. The highest BCUT2D eigenvalue weighted by atomic mass is 32.1. The van der Waals surface area contributed by atoms with Gasteiger partial charge in [0.2, 0.25) is 0 Å². The molecule has 4 aromatic heterocycles. The van der Waals surface area contributed by atoms with Gasteiger partial charge in [-0.3, -0.25) is 0 Å². The van der Waals surface area contributed by atoms with Gasteiger partial charge in [-0.15, -0.1) is 45.3 Å². The van der Waals surface area contributed by atoms with Crippen molar-refractivity contribution < 1.29 is 0 Å². The zero-order valence-electron chi connectivity index (χ0n) is 46.7. The number of hydrogen-bond donors (Lipinski definition) is 0. The molecule has 0 fully saturated rings. The van der Waals surface area contributed by atoms with Gasteiger partial charge in [0.05, 0.1) is 0 Å². The highest BCUT2D eigenvalue weighted by Gasteiger charge is 2.18. The average Bonchev–Trinajstić information content (AvgIpc) is 4.21. The summed E-state index contributed by atoms with van der Waals surface area (Å²) in [5.41, 5.74) is 4.99. The Morgan fingerprint density at radius 1 is 0.319 bits per heavy atom. The monoisotopic (exact) mass is 1050 g/mol. The summed E-state index contributed by atoms with van der Waals surface area (Å²) in [5.74, 6) is 16.9. The van der Waals surface area contributed by atoms with Gasteiger partial charge in [-0.05, 0) is 72.8 Å². The lowest BCUT2D eigenvalue weighted by Crippen LogP contribution is -2.00. The molecular weight excluding hydrogens is 945 g/mol. The molecule has 0 amide bonds. The van der Waals surface area contributed by atoms with E-state index in [4.69, 9.17) is 0 Å². The van der Waals surface area contributed by atoms with Crippen LogP contribution in [0.4, 0.5) is 0 Å². The van der Waals surface area contributed by atoms with E-state index in [9.17, 15) is 0 Å². The molecule has 72 heavy (non-hydrogen) atoms. The number of thiophene rings is 4. The van der Waals surface area contributed by atoms with Crippen molar-refractivity contribution in [3.05, 3.63) is 58.3 Å². The molecule has 0 aliphatic rings. The Morgan fingerprint density at radius 3 is 0.847 bits per heavy atom. The first kappa shape index (κ1) is 60.5. The Labute approximate surface area is 460 Å². The van der Waals surface area contributed by atoms with Gasteiger partial charge in [0, 0.05) is 62.6 Å². The van der Waals surface area contributed by atoms with Crippen molar-refractivity contribution in [2.75, 3.05) is 0 Å². The molecular formula is C68H102S4. The minimum atomic E-state index is 0.455. The van der Waals surface area contributed by atoms with E-state index in [0.717, 1.165) is 0 Å². The summed E-state index contributed by atoms with van der Waals surface area (Å²) in [4.78, 5) is 2.69. The lowest BCUT2D eigenvalue weighted by Gasteiger charge is -2.13. The zero-order chi connectivity index (χ0) is 50.5. The highest BCUT2D eigenvalue weighted by Crippen LogP contribution is 2.43. The van der Waals surface area contributed by atoms with E-state index in [1.807, 2.05) is 45.3 Å². The molecule has 0 nitrogen and oxygen atoms in total. The third kappa shape index (κ3) is 24.1. The van der Waals surface area contributed by atoms with E-state index in [-0.39, 0.29) is 0 Å². The molecule has 398 valence electrons. The topological polar surface area (TPSA) is 0 Å². The van der Waals surface area contributed by atoms with E-state index in [1.165, 1.54) is 308 Å². The normalized spacial score (nSPS) is 12.4. The van der Waals surface area contributed by atoms with Gasteiger partial charge in [0.25, 0.3) is 0 Å². The fraction of sp³-hybridized carbons (Fsp3) is 0.676. The lowest BCUT2D eigenvalue weighted by molar-refractivity contribution is 0.472. The molecule has 0 spiro atoms. The Bertz CT molecular complexity index is 2020. The van der Waals surface area contributed by atoms with Crippen LogP contribution in [0.1, 0.15) is 296 Å². The summed E-state index contributed by atoms with van der Waals surface area (Å²) in [5, 5.41) is 4.50. The minimum absolute atomic E-state index is 0.455. The summed E-state index contributed by atoms with van der Waals surface area (Å²) < 4.78 is 5.55. The first-order valence-corrected chi connectivity index (χ1v) is 34.2. The van der Waals surface area contributed by atoms with Crippen LogP contribution in [0.2, 0.25) is 0 Å². The Balaban J connectivity index is 1.41. The molecule has 0 aliphatic carbocycles. The van der Waals surface area contributed by atoms with E-state index >= 15 is 0 Å². The van der Waals surface area contributed by atoms with Crippen molar-refractivity contribution in [2.24, 2.45) is 11.8 Å². The fourth-order valence-corrected chi connectivity index (χ4v) is 15.0. The Kier molecular flexibility index (Phi) is 32.9. The van der Waals surface area contributed by atoms with E-state index < -0.39 is 0 Å². The number of fused-ring (bicyclic) bond motifs is 2. The fourth-order valence-electron chi connectivity index (χ4n) is 10.8. The summed E-state index contributed by atoms with van der Waals surface area (Å²) >= 11 is 7.63. The SMILES string of the molecule is CCCCCCCCCCCCC(C#Cc1cc(-c2cc3sccc3s2)c(C#CC(CCCCCCCCCC)CCCCCCCCCCCC)cc1-c1cc2sccc2s1)CCCCCCCCCC. The predicted molar refractivity (Wildman–Crippen MR) is 332 cm³/mol. The second-order valence-electron chi connectivity index (χ2n) is 21.9. The van der Waals surface area contributed by atoms with Crippen LogP contribution in [0, 0.1) is 35.5 Å². The maximum atomic E-state index is 4.02. The molecule has 2 atom stereocenters. The molecule has 4 heterocycles. The summed E-state index contributed by atoms with van der Waals surface area (Å²) in [6, 6.07) is 14.5. The Hall–Kier alpha value is -2.34. The standard InChI is InChI=1S/C68H102S4/c1-5-9-13-17-21-25-27-31-35-39-43-57(41-37-33-29-23-19-15-11-7-3)45-47-59-53-62(66-56-68-64(72-66)50-52-70-68)60(54-61(59)65-55-67-63(71-65)49-51-69-67)48-46-58(42-38-34-30-24-20-16-12-8-4)44-40-36-32-28-26-22-18-14-10-6-2/h49-58H,5-44H2,1-4H3. The van der Waals surface area contributed by atoms with Gasteiger partial charge in [0.15, 0.2) is 0 Å². The third-order valence-electron chi connectivity index (χ3n) is 15.4. The summed E-state index contributed by atoms with van der Waals surface area (Å²) in [6.45, 7) is 9.29. The van der Waals surface area contributed by atoms with Gasteiger partial charge in [-0.25, -0.2) is 0 Å². The molecule has 2 unspecified atom stereocenters. The van der Waals surface area contributed by atoms with Crippen LogP contribution >= 0.6 is 45.3 Å². The van der Waals surface area contributed by atoms with Crippen LogP contribution in [0.5, 0.6) is 0 Å². The quantitative estimate of drug-likeness (QED) is 0.0270. The van der Waals surface area contributed by atoms with Crippen molar-refractivity contribution in [1.82, 2.24) is 0 Å². The van der Waals surface area contributed by atoms with Crippen LogP contribution in [-0.4, -0.2) is 0 Å². The van der Waals surface area contributed by atoms with Crippen LogP contribution in [0.25, 0.3) is 39.7 Å². The van der Waals surface area contributed by atoms with Crippen molar-refractivity contribution in [3.63, 3.8) is 0 Å². The molecule has 0 aliphatic heterocycles. The first-order chi connectivity index (χ1) is 35.6. The first-order valence-electron chi connectivity index (χ1n) is 30.8. The largest absolute Gasteiger partial charge is 0.143 e. The molecule has 0 N–H and O–H groups in total. The average molecular weight is 1050 g/mol. The smallest absolute Gasteiger partial charge is 0.0457 e. The van der Waals surface area contributed by atoms with Crippen molar-refractivity contribution >= 4 is 64.1 Å². The maximum Gasteiger partial charge on any atom is 0.0457 e. The molecule has 0 bridgehead atoms. The van der Waals surface area contributed by atoms with E-state index in [2.05, 4.69) is 98.5 Å². The molecule has 1 aromatic carbocycles. The van der Waals surface area contributed by atoms with Crippen LogP contribution in [-0.2, 0) is 0 Å². The summed E-state index contributed by atoms with van der Waals surface area (Å²) in [7, 11) is 0. The van der Waals surface area contributed by atoms with Gasteiger partial charge in [-0.2, -0.15) is 0 Å². The third-order valence-corrected chi connectivity index (χ3v) is 19.7. The zero-order valence-corrected chi connectivity index (χ0v) is 50.0. The van der Waals surface area contributed by atoms with Crippen molar-refractivity contribution in [3.8, 4) is 44.6 Å². The summed E-state index contributed by atoms with van der Waals surface area (Å²) in [6.07, 6.45) is 54.6. The lowest BCUT2D eigenvalue weighted by atomic mass is 9.92. The van der Waals surface area contributed by atoms with E-state index in [0.29, 0.717) is 11.8 Å². The molecule has 5 aromatic rings. The second kappa shape index (κ2) is 39.1. The van der Waals surface area contributed by atoms with Crippen molar-refractivity contribution in [2.45, 2.75) is 285 Å². The van der Waals surface area contributed by atoms with E-state index in [1.54, 1.807) is 0 Å². The number of rotatable bonds is 42. The van der Waals surface area contributed by atoms with Crippen molar-refractivity contribution in [1.29, 1.82) is 0 Å². The molecule has 4 heteroatoms. The molecule has 0 saturated heterocycles. The molecule has 5 rings (SSSR count). The predicted octanol–water partition coefficient (Wildman–Crippen LogP) is 25.2. The molecule has 0 saturated carbocycles.